The van der Waals surface area contributed by atoms with Gasteiger partial charge >= 0.3 is 0 Å². The maximum Gasteiger partial charge on any atom is 0.287 e. The number of rotatable bonds is 5. The van der Waals surface area contributed by atoms with Crippen LogP contribution in [-0.2, 0) is 10.0 Å². The van der Waals surface area contributed by atoms with Crippen LogP contribution in [0.1, 0.15) is 48.4 Å². The molecule has 25 heavy (non-hydrogen) atoms. The van der Waals surface area contributed by atoms with Crippen molar-refractivity contribution < 1.29 is 17.6 Å². The second kappa shape index (κ2) is 6.41. The highest BCUT2D eigenvalue weighted by Crippen LogP contribution is 2.30. The molecule has 0 spiro atoms. The zero-order valence-electron chi connectivity index (χ0n) is 14.5. The zero-order valence-corrected chi connectivity index (χ0v) is 15.3. The summed E-state index contributed by atoms with van der Waals surface area (Å²) in [6.45, 7) is 4.56. The fraction of sp³-hybridized carbons (Fsp3) is 0.706. The lowest BCUT2D eigenvalue weighted by Gasteiger charge is -2.15. The van der Waals surface area contributed by atoms with Gasteiger partial charge in [0.1, 0.15) is 10.7 Å². The van der Waals surface area contributed by atoms with Crippen LogP contribution in [0.3, 0.4) is 0 Å². The smallest absolute Gasteiger partial charge is 0.287 e. The van der Waals surface area contributed by atoms with Gasteiger partial charge in [-0.2, -0.15) is 4.31 Å². The Morgan fingerprint density at radius 1 is 1.20 bits per heavy atom. The number of sulfonamides is 1. The van der Waals surface area contributed by atoms with Crippen molar-refractivity contribution in [2.75, 3.05) is 26.2 Å². The second-order valence-corrected chi connectivity index (χ2v) is 9.23. The Morgan fingerprint density at radius 3 is 2.60 bits per heavy atom. The quantitative estimate of drug-likeness (QED) is 0.849. The standard InChI is InChI=1S/C17H25N3O4S/c1-12-16(25(22,23)20-7-2-3-8-20)10-15(24-12)17(21)18-13-6-9-19(11-13)14-4-5-14/h10,13-14H,2-9,11H2,1H3,(H,18,21). The monoisotopic (exact) mass is 367 g/mol. The van der Waals surface area contributed by atoms with E-state index >= 15 is 0 Å². The first kappa shape index (κ1) is 17.1. The number of likely N-dealkylation sites (tertiary alicyclic amines) is 1. The van der Waals surface area contributed by atoms with Crippen LogP contribution in [-0.4, -0.2) is 61.8 Å². The summed E-state index contributed by atoms with van der Waals surface area (Å²) in [5.41, 5.74) is 0. The Morgan fingerprint density at radius 2 is 1.92 bits per heavy atom. The van der Waals surface area contributed by atoms with E-state index in [1.54, 1.807) is 6.92 Å². The van der Waals surface area contributed by atoms with Crippen LogP contribution >= 0.6 is 0 Å². The molecule has 138 valence electrons. The lowest BCUT2D eigenvalue weighted by Crippen LogP contribution is -2.37. The maximum absolute atomic E-state index is 12.7. The summed E-state index contributed by atoms with van der Waals surface area (Å²) in [4.78, 5) is 15.0. The van der Waals surface area contributed by atoms with Gasteiger partial charge in [0, 0.05) is 44.3 Å². The Kier molecular flexibility index (Phi) is 4.37. The van der Waals surface area contributed by atoms with Crippen LogP contribution in [0.25, 0.3) is 0 Å². The van der Waals surface area contributed by atoms with Crippen LogP contribution in [0.15, 0.2) is 15.4 Å². The minimum absolute atomic E-state index is 0.0835. The molecule has 1 aromatic heterocycles. The number of hydrogen-bond acceptors (Lipinski definition) is 5. The number of aryl methyl sites for hydroxylation is 1. The fourth-order valence-corrected chi connectivity index (χ4v) is 5.51. The van der Waals surface area contributed by atoms with E-state index in [0.29, 0.717) is 19.1 Å². The third kappa shape index (κ3) is 3.35. The van der Waals surface area contributed by atoms with Crippen molar-refractivity contribution in [1.82, 2.24) is 14.5 Å². The number of carbonyl (C=O) groups excluding carboxylic acids is 1. The largest absolute Gasteiger partial charge is 0.455 e. The van der Waals surface area contributed by atoms with Gasteiger partial charge in [0.2, 0.25) is 10.0 Å². The van der Waals surface area contributed by atoms with Crippen LogP contribution < -0.4 is 5.32 Å². The van der Waals surface area contributed by atoms with Crippen LogP contribution in [0.5, 0.6) is 0 Å². The van der Waals surface area contributed by atoms with Crippen LogP contribution in [0.4, 0.5) is 0 Å². The summed E-state index contributed by atoms with van der Waals surface area (Å²) >= 11 is 0. The van der Waals surface area contributed by atoms with Gasteiger partial charge in [-0.15, -0.1) is 0 Å². The van der Waals surface area contributed by atoms with Gasteiger partial charge in [-0.25, -0.2) is 8.42 Å². The third-order valence-corrected chi connectivity index (χ3v) is 7.40. The molecule has 3 heterocycles. The molecule has 1 aromatic rings. The summed E-state index contributed by atoms with van der Waals surface area (Å²) in [5.74, 6) is 0.0387. The number of hydrogen-bond donors (Lipinski definition) is 1. The van der Waals surface area contributed by atoms with Crippen molar-refractivity contribution in [3.63, 3.8) is 0 Å². The van der Waals surface area contributed by atoms with E-state index in [1.807, 2.05) is 0 Å². The molecule has 7 nitrogen and oxygen atoms in total. The summed E-state index contributed by atoms with van der Waals surface area (Å²) < 4.78 is 32.3. The first-order valence-corrected chi connectivity index (χ1v) is 10.5. The molecule has 2 saturated heterocycles. The SMILES string of the molecule is Cc1oc(C(=O)NC2CCN(C3CC3)C2)cc1S(=O)(=O)N1CCCC1. The zero-order chi connectivity index (χ0) is 17.6. The van der Waals surface area contributed by atoms with Crippen LogP contribution in [0, 0.1) is 6.92 Å². The summed E-state index contributed by atoms with van der Waals surface area (Å²) in [6, 6.07) is 2.19. The number of nitrogens with one attached hydrogen (secondary N) is 1. The number of carbonyl (C=O) groups is 1. The topological polar surface area (TPSA) is 82.9 Å². The second-order valence-electron chi connectivity index (χ2n) is 7.33. The molecule has 0 radical (unpaired) electrons. The summed E-state index contributed by atoms with van der Waals surface area (Å²) in [6.07, 6.45) is 5.21. The Labute approximate surface area is 148 Å². The third-order valence-electron chi connectivity index (χ3n) is 5.40. The van der Waals surface area contributed by atoms with Crippen molar-refractivity contribution in [2.24, 2.45) is 0 Å². The van der Waals surface area contributed by atoms with Gasteiger partial charge < -0.3 is 9.73 Å². The van der Waals surface area contributed by atoms with Gasteiger partial charge in [-0.3, -0.25) is 9.69 Å². The van der Waals surface area contributed by atoms with E-state index in [-0.39, 0.29) is 28.4 Å². The van der Waals surface area contributed by atoms with Crippen molar-refractivity contribution in [1.29, 1.82) is 0 Å². The van der Waals surface area contributed by atoms with E-state index in [2.05, 4.69) is 10.2 Å². The van der Waals surface area contributed by atoms with Crippen molar-refractivity contribution in [2.45, 2.75) is 56.0 Å². The Bertz CT molecular complexity index is 763. The highest BCUT2D eigenvalue weighted by molar-refractivity contribution is 7.89. The molecular weight excluding hydrogens is 342 g/mol. The van der Waals surface area contributed by atoms with E-state index in [9.17, 15) is 13.2 Å². The highest BCUT2D eigenvalue weighted by Gasteiger charge is 2.36. The van der Waals surface area contributed by atoms with Crippen molar-refractivity contribution in [3.8, 4) is 0 Å². The average Bonchev–Trinajstić information content (AvgIpc) is 3.00. The molecule has 1 unspecified atom stereocenters. The molecule has 1 saturated carbocycles. The normalized spacial score (nSPS) is 25.6. The predicted molar refractivity (Wildman–Crippen MR) is 91.9 cm³/mol. The minimum atomic E-state index is -3.57. The maximum atomic E-state index is 12.7. The molecule has 3 aliphatic rings. The number of amides is 1. The number of furan rings is 1. The minimum Gasteiger partial charge on any atom is -0.455 e. The molecule has 1 atom stereocenters. The average molecular weight is 367 g/mol. The molecule has 4 rings (SSSR count). The number of nitrogens with zero attached hydrogens (tertiary/aromatic N) is 2. The van der Waals surface area contributed by atoms with Gasteiger partial charge in [0.15, 0.2) is 5.76 Å². The first-order valence-electron chi connectivity index (χ1n) is 9.10. The van der Waals surface area contributed by atoms with Crippen LogP contribution in [0.2, 0.25) is 0 Å². The molecule has 3 fully saturated rings. The molecule has 8 heteroatoms. The van der Waals surface area contributed by atoms with E-state index in [0.717, 1.165) is 32.4 Å². The molecule has 2 aliphatic heterocycles. The van der Waals surface area contributed by atoms with Gasteiger partial charge in [-0.05, 0) is 39.0 Å². The van der Waals surface area contributed by atoms with E-state index in [4.69, 9.17) is 4.42 Å². The van der Waals surface area contributed by atoms with Crippen molar-refractivity contribution in [3.05, 3.63) is 17.6 Å². The van der Waals surface area contributed by atoms with Gasteiger partial charge in [0.25, 0.3) is 5.91 Å². The lowest BCUT2D eigenvalue weighted by atomic mass is 10.2. The molecule has 0 aromatic carbocycles. The Hall–Kier alpha value is -1.38. The lowest BCUT2D eigenvalue weighted by molar-refractivity contribution is 0.0908. The molecule has 0 bridgehead atoms. The molecule has 1 N–H and O–H groups in total. The molecule has 1 aliphatic carbocycles. The predicted octanol–water partition coefficient (Wildman–Crippen LogP) is 1.34. The summed E-state index contributed by atoms with van der Waals surface area (Å²) in [7, 11) is -3.57. The molecule has 1 amide bonds. The van der Waals surface area contributed by atoms with Gasteiger partial charge in [-0.1, -0.05) is 0 Å². The highest BCUT2D eigenvalue weighted by atomic mass is 32.2. The van der Waals surface area contributed by atoms with E-state index < -0.39 is 10.0 Å². The van der Waals surface area contributed by atoms with E-state index in [1.165, 1.54) is 23.2 Å². The van der Waals surface area contributed by atoms with Crippen molar-refractivity contribution >= 4 is 15.9 Å². The first-order chi connectivity index (χ1) is 11.9. The Balaban J connectivity index is 1.45. The molecular formula is C17H25N3O4S. The van der Waals surface area contributed by atoms with Gasteiger partial charge in [0.05, 0.1) is 0 Å². The fourth-order valence-electron chi connectivity index (χ4n) is 3.83. The summed E-state index contributed by atoms with van der Waals surface area (Å²) in [5, 5.41) is 2.99.